The average Bonchev–Trinajstić information content (AvgIpc) is 2.55. The van der Waals surface area contributed by atoms with Gasteiger partial charge in [0.05, 0.1) is 0 Å². The second-order valence-corrected chi connectivity index (χ2v) is 7.12. The molecule has 1 atom stereocenters. The van der Waals surface area contributed by atoms with Crippen molar-refractivity contribution < 1.29 is 4.79 Å². The molecule has 4 nitrogen and oxygen atoms in total. The van der Waals surface area contributed by atoms with E-state index in [0.29, 0.717) is 0 Å². The van der Waals surface area contributed by atoms with Gasteiger partial charge in [0.2, 0.25) is 0 Å². The first-order chi connectivity index (χ1) is 10.5. The molecule has 22 heavy (non-hydrogen) atoms. The lowest BCUT2D eigenvalue weighted by atomic mass is 10.1. The third kappa shape index (κ3) is 4.09. The molecule has 5 heteroatoms. The Bertz CT molecular complexity index is 515. The lowest BCUT2D eigenvalue weighted by Gasteiger charge is -2.29. The van der Waals surface area contributed by atoms with Crippen LogP contribution in [0.15, 0.2) is 18.2 Å². The number of urea groups is 1. The van der Waals surface area contributed by atoms with E-state index in [2.05, 4.69) is 43.1 Å². The molecule has 1 saturated heterocycles. The van der Waals surface area contributed by atoms with Gasteiger partial charge in [-0.1, -0.05) is 6.92 Å². The second kappa shape index (κ2) is 7.77. The van der Waals surface area contributed by atoms with E-state index in [0.717, 1.165) is 30.8 Å². The summed E-state index contributed by atoms with van der Waals surface area (Å²) < 4.78 is 0. The normalized spacial score (nSPS) is 16.3. The number of nitrogens with one attached hydrogen (secondary N) is 1. The highest BCUT2D eigenvalue weighted by Crippen LogP contribution is 2.25. The highest BCUT2D eigenvalue weighted by Gasteiger charge is 2.16. The van der Waals surface area contributed by atoms with E-state index in [1.165, 1.54) is 17.2 Å². The molecule has 122 valence electrons. The minimum Gasteiger partial charge on any atom is -0.370 e. The summed E-state index contributed by atoms with van der Waals surface area (Å²) in [6.07, 6.45) is 0.953. The lowest BCUT2D eigenvalue weighted by Crippen LogP contribution is -2.38. The van der Waals surface area contributed by atoms with E-state index < -0.39 is 0 Å². The number of carbonyl (C=O) groups excluding carboxylic acids is 1. The second-order valence-electron chi connectivity index (χ2n) is 5.90. The summed E-state index contributed by atoms with van der Waals surface area (Å²) in [7, 11) is 1.85. The van der Waals surface area contributed by atoms with E-state index in [1.54, 1.807) is 4.90 Å². The molecular formula is C17H27N3OS. The molecule has 0 bridgehead atoms. The van der Waals surface area contributed by atoms with E-state index in [1.807, 2.05) is 24.9 Å². The number of aryl methyl sites for hydroxylation is 1. The van der Waals surface area contributed by atoms with Crippen LogP contribution in [0.5, 0.6) is 0 Å². The van der Waals surface area contributed by atoms with Crippen molar-refractivity contribution in [2.45, 2.75) is 33.2 Å². The first kappa shape index (κ1) is 17.0. The molecule has 0 aliphatic carbocycles. The largest absolute Gasteiger partial charge is 0.370 e. The van der Waals surface area contributed by atoms with Gasteiger partial charge in [-0.05, 0) is 44.0 Å². The highest BCUT2D eigenvalue weighted by molar-refractivity contribution is 7.99. The smallest absolute Gasteiger partial charge is 0.321 e. The third-order valence-corrected chi connectivity index (χ3v) is 5.34. The van der Waals surface area contributed by atoms with Gasteiger partial charge in [0.25, 0.3) is 0 Å². The number of hydrogen-bond acceptors (Lipinski definition) is 3. The Morgan fingerprint density at radius 1 is 1.41 bits per heavy atom. The zero-order valence-corrected chi connectivity index (χ0v) is 14.9. The first-order valence-electron chi connectivity index (χ1n) is 8.00. The summed E-state index contributed by atoms with van der Waals surface area (Å²) in [5.41, 5.74) is 3.27. The fourth-order valence-electron chi connectivity index (χ4n) is 2.48. The van der Waals surface area contributed by atoms with Crippen molar-refractivity contribution >= 4 is 29.2 Å². The zero-order chi connectivity index (χ0) is 16.1. The minimum absolute atomic E-state index is 0.0421. The van der Waals surface area contributed by atoms with E-state index in [-0.39, 0.29) is 12.1 Å². The van der Waals surface area contributed by atoms with Crippen LogP contribution in [0.2, 0.25) is 0 Å². The van der Waals surface area contributed by atoms with Gasteiger partial charge in [-0.2, -0.15) is 11.8 Å². The van der Waals surface area contributed by atoms with Gasteiger partial charge < -0.3 is 15.1 Å². The van der Waals surface area contributed by atoms with Crippen LogP contribution in [0.3, 0.4) is 0 Å². The third-order valence-electron chi connectivity index (χ3n) is 4.40. The van der Waals surface area contributed by atoms with Gasteiger partial charge in [-0.15, -0.1) is 0 Å². The SMILES string of the molecule is CC[C@@H](C)N(C)C(=O)Nc1ccc(N2CCSCC2)cc1C. The maximum atomic E-state index is 12.3. The van der Waals surface area contributed by atoms with Crippen molar-refractivity contribution in [1.82, 2.24) is 4.90 Å². The van der Waals surface area contributed by atoms with Gasteiger partial charge >= 0.3 is 6.03 Å². The molecule has 0 aromatic heterocycles. The number of benzene rings is 1. The summed E-state index contributed by atoms with van der Waals surface area (Å²) in [6, 6.07) is 6.51. The standard InChI is InChI=1S/C17H27N3OS/c1-5-14(3)19(4)17(21)18-16-7-6-15(12-13(16)2)20-8-10-22-11-9-20/h6-7,12,14H,5,8-11H2,1-4H3,(H,18,21)/t14-/m1/s1. The number of thioether (sulfide) groups is 1. The van der Waals surface area contributed by atoms with Gasteiger partial charge in [0.1, 0.15) is 0 Å². The predicted octanol–water partition coefficient (Wildman–Crippen LogP) is 3.81. The van der Waals surface area contributed by atoms with Crippen LogP contribution < -0.4 is 10.2 Å². The van der Waals surface area contributed by atoms with E-state index >= 15 is 0 Å². The van der Waals surface area contributed by atoms with E-state index in [4.69, 9.17) is 0 Å². The number of rotatable bonds is 4. The predicted molar refractivity (Wildman–Crippen MR) is 97.3 cm³/mol. The van der Waals surface area contributed by atoms with Crippen LogP contribution in [0.4, 0.5) is 16.2 Å². The molecular weight excluding hydrogens is 294 g/mol. The van der Waals surface area contributed by atoms with Crippen molar-refractivity contribution in [2.75, 3.05) is 41.9 Å². The summed E-state index contributed by atoms with van der Waals surface area (Å²) in [6.45, 7) is 8.41. The summed E-state index contributed by atoms with van der Waals surface area (Å²) in [4.78, 5) is 16.4. The highest BCUT2D eigenvalue weighted by atomic mass is 32.2. The van der Waals surface area contributed by atoms with Gasteiger partial charge in [0.15, 0.2) is 0 Å². The molecule has 1 fully saturated rings. The van der Waals surface area contributed by atoms with Crippen molar-refractivity contribution in [2.24, 2.45) is 0 Å². The Labute approximate surface area is 138 Å². The molecule has 1 aromatic carbocycles. The average molecular weight is 321 g/mol. The number of amides is 2. The van der Waals surface area contributed by atoms with Crippen molar-refractivity contribution in [3.63, 3.8) is 0 Å². The molecule has 1 aliphatic heterocycles. The Morgan fingerprint density at radius 3 is 2.68 bits per heavy atom. The Hall–Kier alpha value is -1.36. The maximum absolute atomic E-state index is 12.3. The topological polar surface area (TPSA) is 35.6 Å². The van der Waals surface area contributed by atoms with Crippen molar-refractivity contribution in [3.8, 4) is 0 Å². The number of hydrogen-bond donors (Lipinski definition) is 1. The maximum Gasteiger partial charge on any atom is 0.321 e. The first-order valence-corrected chi connectivity index (χ1v) is 9.15. The molecule has 1 aromatic rings. The Morgan fingerprint density at radius 2 is 2.09 bits per heavy atom. The van der Waals surface area contributed by atoms with Gasteiger partial charge in [0, 0.05) is 49.1 Å². The quantitative estimate of drug-likeness (QED) is 0.916. The van der Waals surface area contributed by atoms with Crippen LogP contribution in [0.1, 0.15) is 25.8 Å². The van der Waals surface area contributed by atoms with Gasteiger partial charge in [-0.25, -0.2) is 4.79 Å². The van der Waals surface area contributed by atoms with Crippen molar-refractivity contribution in [1.29, 1.82) is 0 Å². The van der Waals surface area contributed by atoms with E-state index in [9.17, 15) is 4.79 Å². The molecule has 2 amide bonds. The zero-order valence-electron chi connectivity index (χ0n) is 14.1. The van der Waals surface area contributed by atoms with Crippen LogP contribution in [-0.2, 0) is 0 Å². The van der Waals surface area contributed by atoms with Crippen LogP contribution >= 0.6 is 11.8 Å². The van der Waals surface area contributed by atoms with Crippen LogP contribution in [-0.4, -0.2) is 48.6 Å². The van der Waals surface area contributed by atoms with Crippen LogP contribution in [0, 0.1) is 6.92 Å². The van der Waals surface area contributed by atoms with Gasteiger partial charge in [-0.3, -0.25) is 0 Å². The summed E-state index contributed by atoms with van der Waals surface area (Å²) in [5.74, 6) is 2.38. The fraction of sp³-hybridized carbons (Fsp3) is 0.588. The fourth-order valence-corrected chi connectivity index (χ4v) is 3.39. The molecule has 1 heterocycles. The summed E-state index contributed by atoms with van der Waals surface area (Å²) >= 11 is 2.01. The number of nitrogens with zero attached hydrogens (tertiary/aromatic N) is 2. The lowest BCUT2D eigenvalue weighted by molar-refractivity contribution is 0.206. The molecule has 0 radical (unpaired) electrons. The molecule has 1 N–H and O–H groups in total. The number of carbonyl (C=O) groups is 1. The Balaban J connectivity index is 2.04. The molecule has 0 saturated carbocycles. The number of anilines is 2. The Kier molecular flexibility index (Phi) is 6.00. The molecule has 0 unspecified atom stereocenters. The summed E-state index contributed by atoms with van der Waals surface area (Å²) in [5, 5.41) is 3.02. The van der Waals surface area contributed by atoms with Crippen LogP contribution in [0.25, 0.3) is 0 Å². The van der Waals surface area contributed by atoms with Crippen molar-refractivity contribution in [3.05, 3.63) is 23.8 Å². The molecule has 2 rings (SSSR count). The molecule has 1 aliphatic rings. The minimum atomic E-state index is -0.0421. The monoisotopic (exact) mass is 321 g/mol. The molecule has 0 spiro atoms.